The fraction of sp³-hybridized carbons (Fsp3) is 0.923. The van der Waals surface area contributed by atoms with Crippen molar-refractivity contribution < 1.29 is 19.5 Å². The fourth-order valence-corrected chi connectivity index (χ4v) is 2.62. The lowest BCUT2D eigenvalue weighted by Crippen LogP contribution is -2.60. The Bertz CT molecular complexity index is 294. The standard InChI is InChI=1S/C13H25NO4/c1-9(2)17-11(15)18-10-7-12(3,4)14(16)13(5,6)8-10/h9-10,16H,7-8H2,1-6H3. The molecule has 0 radical (unpaired) electrons. The van der Waals surface area contributed by atoms with Crippen LogP contribution in [0.1, 0.15) is 54.4 Å². The number of ether oxygens (including phenoxy) is 2. The van der Waals surface area contributed by atoms with E-state index < -0.39 is 17.2 Å². The van der Waals surface area contributed by atoms with E-state index in [9.17, 15) is 10.0 Å². The van der Waals surface area contributed by atoms with Crippen molar-refractivity contribution in [1.29, 1.82) is 0 Å². The van der Waals surface area contributed by atoms with E-state index in [1.807, 2.05) is 27.7 Å². The van der Waals surface area contributed by atoms with Crippen molar-refractivity contribution in [3.05, 3.63) is 0 Å². The summed E-state index contributed by atoms with van der Waals surface area (Å²) in [7, 11) is 0. The van der Waals surface area contributed by atoms with E-state index in [1.165, 1.54) is 5.06 Å². The number of carbonyl (C=O) groups excluding carboxylic acids is 1. The lowest BCUT2D eigenvalue weighted by Gasteiger charge is -2.50. The minimum absolute atomic E-state index is 0.184. The van der Waals surface area contributed by atoms with Crippen molar-refractivity contribution in [1.82, 2.24) is 5.06 Å². The second kappa shape index (κ2) is 5.05. The molecule has 0 saturated carbocycles. The molecule has 1 saturated heterocycles. The van der Waals surface area contributed by atoms with Crippen LogP contribution in [0.25, 0.3) is 0 Å². The van der Waals surface area contributed by atoms with E-state index in [0.29, 0.717) is 12.8 Å². The summed E-state index contributed by atoms with van der Waals surface area (Å²) in [5, 5.41) is 11.5. The molecule has 106 valence electrons. The summed E-state index contributed by atoms with van der Waals surface area (Å²) in [5.74, 6) is 0. The minimum Gasteiger partial charge on any atom is -0.432 e. The first-order chi connectivity index (χ1) is 8.04. The van der Waals surface area contributed by atoms with Gasteiger partial charge in [-0.1, -0.05) is 0 Å². The summed E-state index contributed by atoms with van der Waals surface area (Å²) < 4.78 is 10.3. The summed E-state index contributed by atoms with van der Waals surface area (Å²) in [6, 6.07) is 0. The van der Waals surface area contributed by atoms with Gasteiger partial charge in [0.1, 0.15) is 6.10 Å². The molecule has 0 aromatic carbocycles. The zero-order valence-electron chi connectivity index (χ0n) is 12.2. The quantitative estimate of drug-likeness (QED) is 0.773. The monoisotopic (exact) mass is 259 g/mol. The highest BCUT2D eigenvalue weighted by molar-refractivity contribution is 5.60. The maximum absolute atomic E-state index is 11.5. The van der Waals surface area contributed by atoms with Gasteiger partial charge in [0.05, 0.1) is 6.10 Å². The van der Waals surface area contributed by atoms with Gasteiger partial charge in [0.25, 0.3) is 0 Å². The molecule has 0 amide bonds. The summed E-state index contributed by atoms with van der Waals surface area (Å²) in [6.45, 7) is 11.3. The molecule has 1 N–H and O–H groups in total. The SMILES string of the molecule is CC(C)OC(=O)OC1CC(C)(C)N(O)C(C)(C)C1. The van der Waals surface area contributed by atoms with Crippen LogP contribution in [-0.4, -0.2) is 39.7 Å². The Hall–Kier alpha value is -0.810. The number of nitrogens with zero attached hydrogens (tertiary/aromatic N) is 1. The molecule has 0 aromatic heterocycles. The lowest BCUT2D eigenvalue weighted by atomic mass is 9.80. The Morgan fingerprint density at radius 2 is 1.67 bits per heavy atom. The van der Waals surface area contributed by atoms with Crippen molar-refractivity contribution in [3.8, 4) is 0 Å². The van der Waals surface area contributed by atoms with Gasteiger partial charge in [0.15, 0.2) is 0 Å². The molecule has 5 nitrogen and oxygen atoms in total. The van der Waals surface area contributed by atoms with Crippen LogP contribution in [0.4, 0.5) is 4.79 Å². The number of hydrogen-bond donors (Lipinski definition) is 1. The summed E-state index contributed by atoms with van der Waals surface area (Å²) in [5.41, 5.74) is -0.852. The molecule has 5 heteroatoms. The molecule has 18 heavy (non-hydrogen) atoms. The van der Waals surface area contributed by atoms with Gasteiger partial charge >= 0.3 is 6.16 Å². The Morgan fingerprint density at radius 1 is 1.22 bits per heavy atom. The highest BCUT2D eigenvalue weighted by Crippen LogP contribution is 2.37. The maximum atomic E-state index is 11.5. The molecule has 1 rings (SSSR count). The van der Waals surface area contributed by atoms with Crippen molar-refractivity contribution in [2.24, 2.45) is 0 Å². The fourth-order valence-electron chi connectivity index (χ4n) is 2.62. The third-order valence-corrected chi connectivity index (χ3v) is 3.20. The Morgan fingerprint density at radius 3 is 2.06 bits per heavy atom. The highest BCUT2D eigenvalue weighted by Gasteiger charge is 2.46. The van der Waals surface area contributed by atoms with Crippen LogP contribution in [0.15, 0.2) is 0 Å². The van der Waals surface area contributed by atoms with Crippen molar-refractivity contribution in [3.63, 3.8) is 0 Å². The number of hydrogen-bond acceptors (Lipinski definition) is 5. The van der Waals surface area contributed by atoms with Gasteiger partial charge in [-0.25, -0.2) is 4.79 Å². The van der Waals surface area contributed by atoms with Crippen LogP contribution >= 0.6 is 0 Å². The van der Waals surface area contributed by atoms with Gasteiger partial charge in [-0.15, -0.1) is 0 Å². The predicted molar refractivity (Wildman–Crippen MR) is 67.5 cm³/mol. The van der Waals surface area contributed by atoms with Crippen LogP contribution < -0.4 is 0 Å². The summed E-state index contributed by atoms with van der Waals surface area (Å²) in [6.07, 6.45) is 0.120. The van der Waals surface area contributed by atoms with E-state index in [2.05, 4.69) is 0 Å². The lowest BCUT2D eigenvalue weighted by molar-refractivity contribution is -0.258. The first-order valence-corrected chi connectivity index (χ1v) is 6.41. The molecule has 1 heterocycles. The molecule has 0 bridgehead atoms. The van der Waals surface area contributed by atoms with Gasteiger partial charge < -0.3 is 14.7 Å². The number of rotatable bonds is 2. The Kier molecular flexibility index (Phi) is 4.28. The third-order valence-electron chi connectivity index (χ3n) is 3.20. The maximum Gasteiger partial charge on any atom is 0.508 e. The molecule has 0 atom stereocenters. The molecule has 1 aliphatic heterocycles. The van der Waals surface area contributed by atoms with Crippen LogP contribution in [-0.2, 0) is 9.47 Å². The van der Waals surface area contributed by atoms with E-state index in [-0.39, 0.29) is 12.2 Å². The molecule has 0 aromatic rings. The molecule has 1 aliphatic rings. The van der Waals surface area contributed by atoms with Gasteiger partial charge in [-0.3, -0.25) is 0 Å². The van der Waals surface area contributed by atoms with Crippen LogP contribution in [0.5, 0.6) is 0 Å². The zero-order chi connectivity index (χ0) is 14.1. The molecular weight excluding hydrogens is 234 g/mol. The topological polar surface area (TPSA) is 59.0 Å². The smallest absolute Gasteiger partial charge is 0.432 e. The average Bonchev–Trinajstić information content (AvgIpc) is 2.11. The van der Waals surface area contributed by atoms with Gasteiger partial charge in [-0.05, 0) is 41.5 Å². The van der Waals surface area contributed by atoms with Crippen molar-refractivity contribution >= 4 is 6.16 Å². The molecular formula is C13H25NO4. The normalized spacial score (nSPS) is 24.0. The largest absolute Gasteiger partial charge is 0.508 e. The first-order valence-electron chi connectivity index (χ1n) is 6.41. The Balaban J connectivity index is 2.67. The first kappa shape index (κ1) is 15.2. The van der Waals surface area contributed by atoms with Crippen LogP contribution in [0, 0.1) is 0 Å². The van der Waals surface area contributed by atoms with E-state index >= 15 is 0 Å². The average molecular weight is 259 g/mol. The second-order valence-corrected chi connectivity index (χ2v) is 6.50. The second-order valence-electron chi connectivity index (χ2n) is 6.50. The number of piperidine rings is 1. The highest BCUT2D eigenvalue weighted by atomic mass is 16.7. The molecule has 0 unspecified atom stereocenters. The summed E-state index contributed by atoms with van der Waals surface area (Å²) >= 11 is 0. The zero-order valence-corrected chi connectivity index (χ0v) is 12.2. The van der Waals surface area contributed by atoms with E-state index in [1.54, 1.807) is 13.8 Å². The van der Waals surface area contributed by atoms with E-state index in [4.69, 9.17) is 9.47 Å². The third kappa shape index (κ3) is 3.59. The Labute approximate surface area is 109 Å². The van der Waals surface area contributed by atoms with Gasteiger partial charge in [0.2, 0.25) is 0 Å². The molecule has 0 aliphatic carbocycles. The van der Waals surface area contributed by atoms with Crippen LogP contribution in [0.2, 0.25) is 0 Å². The van der Waals surface area contributed by atoms with Crippen molar-refractivity contribution in [2.75, 3.05) is 0 Å². The van der Waals surface area contributed by atoms with Crippen molar-refractivity contribution in [2.45, 2.75) is 77.7 Å². The molecule has 0 spiro atoms. The number of hydroxylamine groups is 2. The van der Waals surface area contributed by atoms with Crippen LogP contribution in [0.3, 0.4) is 0 Å². The predicted octanol–water partition coefficient (Wildman–Crippen LogP) is 2.96. The van der Waals surface area contributed by atoms with Gasteiger partial charge in [0, 0.05) is 23.9 Å². The number of carbonyl (C=O) groups is 1. The van der Waals surface area contributed by atoms with E-state index in [0.717, 1.165) is 0 Å². The van der Waals surface area contributed by atoms with Gasteiger partial charge in [-0.2, -0.15) is 5.06 Å². The molecule has 1 fully saturated rings. The summed E-state index contributed by atoms with van der Waals surface area (Å²) in [4.78, 5) is 11.5. The minimum atomic E-state index is -0.631.